The maximum absolute atomic E-state index is 10.6. The Morgan fingerprint density at radius 1 is 1.24 bits per heavy atom. The van der Waals surface area contributed by atoms with Crippen LogP contribution < -0.4 is 0 Å². The van der Waals surface area contributed by atoms with Gasteiger partial charge in [-0.1, -0.05) is 17.7 Å². The zero-order valence-corrected chi connectivity index (χ0v) is 11.2. The molecule has 3 unspecified atom stereocenters. The van der Waals surface area contributed by atoms with E-state index in [-0.39, 0.29) is 12.0 Å². The summed E-state index contributed by atoms with van der Waals surface area (Å²) in [7, 11) is 0. The molecule has 1 aliphatic heterocycles. The Kier molecular flexibility index (Phi) is 3.55. The van der Waals surface area contributed by atoms with Gasteiger partial charge in [0.25, 0.3) is 0 Å². The van der Waals surface area contributed by atoms with Crippen LogP contribution >= 0.6 is 0 Å². The summed E-state index contributed by atoms with van der Waals surface area (Å²) in [5.41, 5.74) is 4.73. The maximum Gasteiger partial charge on any atom is 0.0848 e. The lowest BCUT2D eigenvalue weighted by Gasteiger charge is -2.24. The van der Waals surface area contributed by atoms with Crippen LogP contribution in [0.4, 0.5) is 0 Å². The molecule has 0 bridgehead atoms. The summed E-state index contributed by atoms with van der Waals surface area (Å²) in [5.74, 6) is 0.232. The van der Waals surface area contributed by atoms with Gasteiger partial charge in [-0.2, -0.15) is 0 Å². The van der Waals surface area contributed by atoms with E-state index >= 15 is 0 Å². The van der Waals surface area contributed by atoms with E-state index in [0.29, 0.717) is 0 Å². The molecular formula is C15H22O2. The summed E-state index contributed by atoms with van der Waals surface area (Å²) in [5, 5.41) is 10.6. The van der Waals surface area contributed by atoms with Crippen LogP contribution in [0.2, 0.25) is 0 Å². The van der Waals surface area contributed by atoms with Gasteiger partial charge in [-0.15, -0.1) is 0 Å². The second-order valence-corrected chi connectivity index (χ2v) is 5.29. The van der Waals surface area contributed by atoms with Crippen LogP contribution in [-0.2, 0) is 4.74 Å². The fourth-order valence-electron chi connectivity index (χ4n) is 3.03. The van der Waals surface area contributed by atoms with Crippen molar-refractivity contribution in [2.45, 2.75) is 46.3 Å². The smallest absolute Gasteiger partial charge is 0.0848 e. The molecule has 1 aliphatic rings. The lowest BCUT2D eigenvalue weighted by atomic mass is 9.85. The number of aliphatic hydroxyl groups excluding tert-OH is 1. The molecule has 1 heterocycles. The highest BCUT2D eigenvalue weighted by Gasteiger charge is 2.32. The first kappa shape index (κ1) is 12.6. The normalized spacial score (nSPS) is 26.2. The van der Waals surface area contributed by atoms with Crippen LogP contribution in [0.3, 0.4) is 0 Å². The van der Waals surface area contributed by atoms with Crippen LogP contribution in [-0.4, -0.2) is 17.8 Å². The summed E-state index contributed by atoms with van der Waals surface area (Å²) in [6.45, 7) is 9.09. The highest BCUT2D eigenvalue weighted by molar-refractivity contribution is 5.39. The Labute approximate surface area is 104 Å². The van der Waals surface area contributed by atoms with Crippen molar-refractivity contribution in [3.63, 3.8) is 0 Å². The number of aliphatic hydroxyl groups is 1. The summed E-state index contributed by atoms with van der Waals surface area (Å²) in [4.78, 5) is 0. The minimum absolute atomic E-state index is 0.158. The van der Waals surface area contributed by atoms with E-state index in [1.807, 2.05) is 0 Å². The topological polar surface area (TPSA) is 29.5 Å². The van der Waals surface area contributed by atoms with Gasteiger partial charge in [-0.3, -0.25) is 0 Å². The summed E-state index contributed by atoms with van der Waals surface area (Å²) < 4.78 is 5.55. The molecular weight excluding hydrogens is 212 g/mol. The molecule has 0 amide bonds. The summed E-state index contributed by atoms with van der Waals surface area (Å²) >= 11 is 0. The maximum atomic E-state index is 10.6. The predicted octanol–water partition coefficient (Wildman–Crippen LogP) is 3.07. The molecule has 2 rings (SSSR count). The second kappa shape index (κ2) is 4.79. The monoisotopic (exact) mass is 234 g/mol. The molecule has 1 N–H and O–H groups in total. The van der Waals surface area contributed by atoms with Crippen molar-refractivity contribution in [1.29, 1.82) is 0 Å². The van der Waals surface area contributed by atoms with Gasteiger partial charge in [0.2, 0.25) is 0 Å². The summed E-state index contributed by atoms with van der Waals surface area (Å²) in [6.07, 6.45) is 0.716. The fourth-order valence-corrected chi connectivity index (χ4v) is 3.03. The van der Waals surface area contributed by atoms with Gasteiger partial charge >= 0.3 is 0 Å². The first-order valence-corrected chi connectivity index (χ1v) is 6.38. The molecule has 0 radical (unpaired) electrons. The molecule has 1 saturated heterocycles. The molecule has 17 heavy (non-hydrogen) atoms. The second-order valence-electron chi connectivity index (χ2n) is 5.29. The molecule has 2 heteroatoms. The van der Waals surface area contributed by atoms with Gasteiger partial charge in [0, 0.05) is 12.5 Å². The quantitative estimate of drug-likeness (QED) is 0.852. The van der Waals surface area contributed by atoms with Crippen molar-refractivity contribution in [2.75, 3.05) is 6.61 Å². The van der Waals surface area contributed by atoms with E-state index in [1.165, 1.54) is 16.7 Å². The van der Waals surface area contributed by atoms with Gasteiger partial charge in [-0.25, -0.2) is 0 Å². The van der Waals surface area contributed by atoms with Crippen molar-refractivity contribution >= 4 is 0 Å². The third-order valence-corrected chi connectivity index (χ3v) is 3.87. The Balaban J connectivity index is 2.33. The molecule has 0 spiro atoms. The number of benzene rings is 1. The van der Waals surface area contributed by atoms with E-state index in [2.05, 4.69) is 39.8 Å². The zero-order chi connectivity index (χ0) is 12.6. The molecule has 94 valence electrons. The van der Waals surface area contributed by atoms with Crippen LogP contribution in [0, 0.1) is 26.7 Å². The Morgan fingerprint density at radius 3 is 2.29 bits per heavy atom. The van der Waals surface area contributed by atoms with Crippen LogP contribution in [0.25, 0.3) is 0 Å². The van der Waals surface area contributed by atoms with E-state index in [1.54, 1.807) is 0 Å². The molecule has 0 aromatic heterocycles. The van der Waals surface area contributed by atoms with Gasteiger partial charge in [0.15, 0.2) is 0 Å². The fraction of sp³-hybridized carbons (Fsp3) is 0.600. The minimum atomic E-state index is -0.395. The SMILES string of the molecule is Cc1cc(C)c(C(O)C2CCOC2C)c(C)c1. The Bertz CT molecular complexity index is 388. The molecule has 1 aromatic carbocycles. The van der Waals surface area contributed by atoms with E-state index in [4.69, 9.17) is 4.74 Å². The number of hydrogen-bond donors (Lipinski definition) is 1. The van der Waals surface area contributed by atoms with Crippen molar-refractivity contribution in [3.05, 3.63) is 34.4 Å². The van der Waals surface area contributed by atoms with Crippen molar-refractivity contribution < 1.29 is 9.84 Å². The van der Waals surface area contributed by atoms with Crippen LogP contribution in [0.1, 0.15) is 41.7 Å². The average Bonchev–Trinajstić information content (AvgIpc) is 2.62. The lowest BCUT2D eigenvalue weighted by molar-refractivity contribution is 0.0426. The largest absolute Gasteiger partial charge is 0.388 e. The first-order valence-electron chi connectivity index (χ1n) is 6.38. The van der Waals surface area contributed by atoms with E-state index in [0.717, 1.165) is 18.6 Å². The summed E-state index contributed by atoms with van der Waals surface area (Å²) in [6, 6.07) is 4.29. The van der Waals surface area contributed by atoms with Crippen LogP contribution in [0.15, 0.2) is 12.1 Å². The highest BCUT2D eigenvalue weighted by atomic mass is 16.5. The number of aryl methyl sites for hydroxylation is 3. The zero-order valence-electron chi connectivity index (χ0n) is 11.2. The molecule has 1 aromatic rings. The molecule has 3 atom stereocenters. The van der Waals surface area contributed by atoms with E-state index in [9.17, 15) is 5.11 Å². The van der Waals surface area contributed by atoms with Crippen molar-refractivity contribution in [2.24, 2.45) is 5.92 Å². The Morgan fingerprint density at radius 2 is 1.82 bits per heavy atom. The molecule has 1 fully saturated rings. The predicted molar refractivity (Wildman–Crippen MR) is 69.1 cm³/mol. The minimum Gasteiger partial charge on any atom is -0.388 e. The standard InChI is InChI=1S/C15H22O2/c1-9-7-10(2)14(11(3)8-9)15(16)13-5-6-17-12(13)4/h7-8,12-13,15-16H,5-6H2,1-4H3. The molecule has 2 nitrogen and oxygen atoms in total. The highest BCUT2D eigenvalue weighted by Crippen LogP contribution is 2.36. The third kappa shape index (κ3) is 2.38. The van der Waals surface area contributed by atoms with Gasteiger partial charge < -0.3 is 9.84 Å². The number of rotatable bonds is 2. The van der Waals surface area contributed by atoms with Gasteiger partial charge in [0.1, 0.15) is 0 Å². The van der Waals surface area contributed by atoms with Gasteiger partial charge in [0.05, 0.1) is 12.2 Å². The van der Waals surface area contributed by atoms with Crippen LogP contribution in [0.5, 0.6) is 0 Å². The lowest BCUT2D eigenvalue weighted by Crippen LogP contribution is -2.21. The first-order chi connectivity index (χ1) is 8.00. The van der Waals surface area contributed by atoms with E-state index < -0.39 is 6.10 Å². The Hall–Kier alpha value is -0.860. The number of ether oxygens (including phenoxy) is 1. The van der Waals surface area contributed by atoms with Gasteiger partial charge in [-0.05, 0) is 50.8 Å². The van der Waals surface area contributed by atoms with Crippen molar-refractivity contribution in [3.8, 4) is 0 Å². The number of hydrogen-bond acceptors (Lipinski definition) is 2. The average molecular weight is 234 g/mol. The van der Waals surface area contributed by atoms with Crippen molar-refractivity contribution in [1.82, 2.24) is 0 Å². The molecule has 0 aliphatic carbocycles. The molecule has 0 saturated carbocycles. The third-order valence-electron chi connectivity index (χ3n) is 3.87.